The Balaban J connectivity index is 1.56. The van der Waals surface area contributed by atoms with Gasteiger partial charge in [-0.3, -0.25) is 9.98 Å². The lowest BCUT2D eigenvalue weighted by atomic mass is 10.1. The zero-order chi connectivity index (χ0) is 21.4. The molecule has 2 fully saturated rings. The van der Waals surface area contributed by atoms with Crippen molar-refractivity contribution in [3.8, 4) is 0 Å². The number of fused-ring (bicyclic) bond motifs is 1. The summed E-state index contributed by atoms with van der Waals surface area (Å²) in [7, 11) is 2.01. The van der Waals surface area contributed by atoms with Crippen molar-refractivity contribution >= 4 is 22.9 Å². The highest BCUT2D eigenvalue weighted by Gasteiger charge is 2.37. The summed E-state index contributed by atoms with van der Waals surface area (Å²) in [6, 6.07) is 2.82. The van der Waals surface area contributed by atoms with Gasteiger partial charge in [-0.25, -0.2) is 5.43 Å². The summed E-state index contributed by atoms with van der Waals surface area (Å²) in [5.74, 6) is 0. The first-order chi connectivity index (χ1) is 15.1. The predicted molar refractivity (Wildman–Crippen MR) is 128 cm³/mol. The number of rotatable bonds is 7. The molecule has 2 aromatic rings. The van der Waals surface area contributed by atoms with Gasteiger partial charge >= 0.3 is 0 Å². The maximum absolute atomic E-state index is 4.98. The quantitative estimate of drug-likeness (QED) is 0.578. The summed E-state index contributed by atoms with van der Waals surface area (Å²) < 4.78 is 2.56. The zero-order valence-corrected chi connectivity index (χ0v) is 19.0. The molecule has 0 unspecified atom stereocenters. The first-order valence-electron chi connectivity index (χ1n) is 11.7. The van der Waals surface area contributed by atoms with E-state index < -0.39 is 0 Å². The van der Waals surface area contributed by atoms with Crippen LogP contribution in [0.15, 0.2) is 35.1 Å². The molecule has 31 heavy (non-hydrogen) atoms. The second-order valence-electron chi connectivity index (χ2n) is 9.60. The van der Waals surface area contributed by atoms with E-state index in [-0.39, 0.29) is 5.54 Å². The zero-order valence-electron chi connectivity index (χ0n) is 19.0. The second kappa shape index (κ2) is 8.24. The third-order valence-electron chi connectivity index (χ3n) is 6.86. The lowest BCUT2D eigenvalue weighted by molar-refractivity contribution is 0.486. The molecule has 6 nitrogen and oxygen atoms in total. The molecule has 0 amide bonds. The average Bonchev–Trinajstić information content (AvgIpc) is 3.21. The lowest BCUT2D eigenvalue weighted by Crippen LogP contribution is -2.40. The minimum atomic E-state index is 0.232. The van der Waals surface area contributed by atoms with Gasteiger partial charge in [-0.2, -0.15) is 0 Å². The summed E-state index contributed by atoms with van der Waals surface area (Å²) in [5.41, 5.74) is 15.2. The van der Waals surface area contributed by atoms with E-state index in [1.54, 1.807) is 0 Å². The molecular formula is C25H34N6. The minimum Gasteiger partial charge on any atom is -0.335 e. The van der Waals surface area contributed by atoms with Crippen LogP contribution < -0.4 is 16.2 Å². The average molecular weight is 419 g/mol. The van der Waals surface area contributed by atoms with Gasteiger partial charge in [0.25, 0.3) is 0 Å². The molecule has 0 spiro atoms. The number of hydrazine groups is 1. The third-order valence-corrected chi connectivity index (χ3v) is 6.86. The van der Waals surface area contributed by atoms with Crippen molar-refractivity contribution in [3.05, 3.63) is 46.9 Å². The topological polar surface area (TPSA) is 66.3 Å². The molecule has 164 valence electrons. The molecule has 3 heterocycles. The van der Waals surface area contributed by atoms with Crippen molar-refractivity contribution < 1.29 is 0 Å². The highest BCUT2D eigenvalue weighted by molar-refractivity contribution is 5.91. The molecule has 2 aromatic heterocycles. The fourth-order valence-corrected chi connectivity index (χ4v) is 4.83. The van der Waals surface area contributed by atoms with Crippen LogP contribution in [-0.2, 0) is 6.54 Å². The SMILES string of the molecule is CNCc1c(C2=CCC=C(NNC3(C)CC3)C=N2)n(C2CCCC2)c2cc(C)cnc12. The molecule has 0 radical (unpaired) electrons. The van der Waals surface area contributed by atoms with Gasteiger partial charge < -0.3 is 15.3 Å². The van der Waals surface area contributed by atoms with Gasteiger partial charge in [-0.05, 0) is 64.6 Å². The Morgan fingerprint density at radius 1 is 1.19 bits per heavy atom. The van der Waals surface area contributed by atoms with Gasteiger partial charge in [0.05, 0.1) is 34.3 Å². The van der Waals surface area contributed by atoms with Crippen LogP contribution in [0.2, 0.25) is 0 Å². The Hall–Kier alpha value is -2.44. The van der Waals surface area contributed by atoms with Crippen LogP contribution >= 0.6 is 0 Å². The number of nitrogens with zero attached hydrogens (tertiary/aromatic N) is 3. The first kappa shape index (κ1) is 20.5. The number of hydrogen-bond acceptors (Lipinski definition) is 5. The van der Waals surface area contributed by atoms with Crippen molar-refractivity contribution in [1.29, 1.82) is 0 Å². The molecule has 5 rings (SSSR count). The van der Waals surface area contributed by atoms with Gasteiger partial charge in [0.15, 0.2) is 0 Å². The summed E-state index contributed by atoms with van der Waals surface area (Å²) in [4.78, 5) is 9.85. The number of allylic oxidation sites excluding steroid dienone is 3. The number of aromatic nitrogens is 2. The van der Waals surface area contributed by atoms with Crippen LogP contribution in [-0.4, -0.2) is 28.4 Å². The monoisotopic (exact) mass is 418 g/mol. The lowest BCUT2D eigenvalue weighted by Gasteiger charge is -2.19. The molecule has 0 bridgehead atoms. The van der Waals surface area contributed by atoms with Crippen molar-refractivity contribution in [2.75, 3.05) is 7.05 Å². The van der Waals surface area contributed by atoms with E-state index in [1.165, 1.54) is 60.9 Å². The fraction of sp³-hybridized carbons (Fsp3) is 0.520. The van der Waals surface area contributed by atoms with Crippen LogP contribution in [0.3, 0.4) is 0 Å². The minimum absolute atomic E-state index is 0.232. The molecule has 6 heteroatoms. The molecule has 0 saturated heterocycles. The maximum Gasteiger partial charge on any atom is 0.0933 e. The molecule has 2 aliphatic carbocycles. The Morgan fingerprint density at radius 2 is 2.00 bits per heavy atom. The highest BCUT2D eigenvalue weighted by atomic mass is 15.4. The number of pyridine rings is 1. The van der Waals surface area contributed by atoms with Crippen LogP contribution in [0.5, 0.6) is 0 Å². The Morgan fingerprint density at radius 3 is 2.74 bits per heavy atom. The van der Waals surface area contributed by atoms with Gasteiger partial charge in [0.1, 0.15) is 0 Å². The molecule has 1 aliphatic heterocycles. The van der Waals surface area contributed by atoms with Crippen LogP contribution in [0.4, 0.5) is 0 Å². The van der Waals surface area contributed by atoms with E-state index in [2.05, 4.69) is 52.8 Å². The maximum atomic E-state index is 4.98. The number of aryl methyl sites for hydroxylation is 1. The number of aliphatic imine (C=N–C) groups is 1. The van der Waals surface area contributed by atoms with E-state index in [9.17, 15) is 0 Å². The van der Waals surface area contributed by atoms with Crippen molar-refractivity contribution in [2.45, 2.75) is 76.9 Å². The smallest absolute Gasteiger partial charge is 0.0933 e. The second-order valence-corrected chi connectivity index (χ2v) is 9.60. The third kappa shape index (κ3) is 4.06. The number of nitrogens with one attached hydrogen (secondary N) is 3. The van der Waals surface area contributed by atoms with E-state index in [4.69, 9.17) is 9.98 Å². The van der Waals surface area contributed by atoms with E-state index in [0.29, 0.717) is 6.04 Å². The normalized spacial score (nSPS) is 20.6. The van der Waals surface area contributed by atoms with E-state index >= 15 is 0 Å². The summed E-state index contributed by atoms with van der Waals surface area (Å²) in [6.07, 6.45) is 16.8. The Labute approximate surface area is 184 Å². The molecule has 3 N–H and O–H groups in total. The van der Waals surface area contributed by atoms with Crippen LogP contribution in [0, 0.1) is 6.92 Å². The van der Waals surface area contributed by atoms with Crippen molar-refractivity contribution in [3.63, 3.8) is 0 Å². The molecule has 0 aromatic carbocycles. The first-order valence-corrected chi connectivity index (χ1v) is 11.7. The van der Waals surface area contributed by atoms with Gasteiger partial charge in [-0.1, -0.05) is 25.0 Å². The Bertz CT molecular complexity index is 1060. The van der Waals surface area contributed by atoms with Crippen molar-refractivity contribution in [1.82, 2.24) is 25.7 Å². The van der Waals surface area contributed by atoms with Gasteiger partial charge in [0.2, 0.25) is 0 Å². The van der Waals surface area contributed by atoms with E-state index in [1.807, 2.05) is 19.5 Å². The summed E-state index contributed by atoms with van der Waals surface area (Å²) in [5, 5.41) is 3.37. The molecular weight excluding hydrogens is 384 g/mol. The summed E-state index contributed by atoms with van der Waals surface area (Å²) >= 11 is 0. The van der Waals surface area contributed by atoms with Gasteiger partial charge in [-0.15, -0.1) is 0 Å². The fourth-order valence-electron chi connectivity index (χ4n) is 4.83. The largest absolute Gasteiger partial charge is 0.335 e. The highest BCUT2D eigenvalue weighted by Crippen LogP contribution is 2.40. The van der Waals surface area contributed by atoms with Crippen molar-refractivity contribution in [2.24, 2.45) is 4.99 Å². The van der Waals surface area contributed by atoms with Crippen LogP contribution in [0.1, 0.15) is 74.7 Å². The molecule has 0 atom stereocenters. The van der Waals surface area contributed by atoms with Crippen LogP contribution in [0.25, 0.3) is 16.7 Å². The van der Waals surface area contributed by atoms with E-state index in [0.717, 1.165) is 29.9 Å². The summed E-state index contributed by atoms with van der Waals surface area (Å²) in [6.45, 7) is 5.16. The number of hydrogen-bond donors (Lipinski definition) is 3. The predicted octanol–water partition coefficient (Wildman–Crippen LogP) is 4.53. The molecule has 2 saturated carbocycles. The van der Waals surface area contributed by atoms with Gasteiger partial charge in [0, 0.05) is 29.9 Å². The Kier molecular flexibility index (Phi) is 5.44. The standard InChI is InChI=1S/C25H34N6/c1-17-13-22-23(28-14-17)20(16-26-3)24(31(22)19-8-4-5-9-19)21-10-6-7-18(15-27-21)29-30-25(2)11-12-25/h7,10,13-15,19,26,29-30H,4-6,8-9,11-12,16H2,1-3H3. The molecule has 3 aliphatic rings.